The second kappa shape index (κ2) is 11.3. The molecule has 34 heavy (non-hydrogen) atoms. The Kier molecular flexibility index (Phi) is 7.92. The van der Waals surface area contributed by atoms with Crippen molar-refractivity contribution >= 4 is 35.2 Å². The van der Waals surface area contributed by atoms with E-state index in [1.807, 2.05) is 53.3 Å². The molecule has 0 aliphatic heterocycles. The molecule has 0 aliphatic carbocycles. The molecule has 0 bridgehead atoms. The van der Waals surface area contributed by atoms with E-state index in [1.165, 1.54) is 16.7 Å². The number of nitrogens with one attached hydrogen (secondary N) is 2. The predicted molar refractivity (Wildman–Crippen MR) is 141 cm³/mol. The minimum atomic E-state index is -0.288. The number of benzene rings is 3. The van der Waals surface area contributed by atoms with E-state index in [0.717, 1.165) is 27.2 Å². The maximum absolute atomic E-state index is 12.5. The standard InChI is InChI=1S/C26H27N5OS2/c1-18-8-12-22(13-9-18)31-24(16-27-25(32)28-21-10-14-23(33-3)15-11-21)29-30-26(31)34-17-20-7-5-4-6-19(20)2/h4-15H,16-17H2,1-3H3,(H2,27,28,32). The molecule has 0 fully saturated rings. The van der Waals surface area contributed by atoms with Crippen LogP contribution in [0, 0.1) is 13.8 Å². The third-order valence-corrected chi connectivity index (χ3v) is 7.09. The van der Waals surface area contributed by atoms with E-state index in [0.29, 0.717) is 5.82 Å². The monoisotopic (exact) mass is 489 g/mol. The van der Waals surface area contributed by atoms with Gasteiger partial charge in [0.1, 0.15) is 0 Å². The molecule has 0 atom stereocenters. The van der Waals surface area contributed by atoms with Crippen molar-refractivity contribution in [3.63, 3.8) is 0 Å². The molecule has 2 amide bonds. The quantitative estimate of drug-likeness (QED) is 0.288. The minimum Gasteiger partial charge on any atom is -0.331 e. The number of amides is 2. The van der Waals surface area contributed by atoms with Crippen molar-refractivity contribution < 1.29 is 4.79 Å². The number of carbonyl (C=O) groups is 1. The molecule has 1 aromatic heterocycles. The van der Waals surface area contributed by atoms with Gasteiger partial charge in [-0.05, 0) is 67.6 Å². The van der Waals surface area contributed by atoms with Crippen molar-refractivity contribution in [2.75, 3.05) is 11.6 Å². The first-order chi connectivity index (χ1) is 16.5. The second-order valence-corrected chi connectivity index (χ2v) is 9.64. The summed E-state index contributed by atoms with van der Waals surface area (Å²) in [6, 6.07) is 24.0. The summed E-state index contributed by atoms with van der Waals surface area (Å²) in [6.45, 7) is 4.42. The number of anilines is 1. The molecule has 1 heterocycles. The molecule has 4 rings (SSSR count). The number of carbonyl (C=O) groups excluding carboxylic acids is 1. The number of aromatic nitrogens is 3. The van der Waals surface area contributed by atoms with Crippen LogP contribution in [0.25, 0.3) is 5.69 Å². The Hall–Kier alpha value is -3.23. The Morgan fingerprint density at radius 1 is 0.941 bits per heavy atom. The Morgan fingerprint density at radius 3 is 2.38 bits per heavy atom. The van der Waals surface area contributed by atoms with Crippen molar-refractivity contribution in [1.29, 1.82) is 0 Å². The molecule has 0 saturated carbocycles. The molecule has 0 unspecified atom stereocenters. The van der Waals surface area contributed by atoms with Crippen LogP contribution in [0.4, 0.5) is 10.5 Å². The van der Waals surface area contributed by atoms with Gasteiger partial charge >= 0.3 is 6.03 Å². The van der Waals surface area contributed by atoms with Crippen LogP contribution >= 0.6 is 23.5 Å². The van der Waals surface area contributed by atoms with Gasteiger partial charge in [0.2, 0.25) is 0 Å². The number of nitrogens with zero attached hydrogens (tertiary/aromatic N) is 3. The molecule has 0 aliphatic rings. The van der Waals surface area contributed by atoms with E-state index >= 15 is 0 Å². The average Bonchev–Trinajstić information content (AvgIpc) is 3.26. The van der Waals surface area contributed by atoms with Crippen LogP contribution in [0.1, 0.15) is 22.5 Å². The third-order valence-electron chi connectivity index (χ3n) is 5.37. The van der Waals surface area contributed by atoms with Crippen LogP contribution in [0.5, 0.6) is 0 Å². The van der Waals surface area contributed by atoms with Gasteiger partial charge < -0.3 is 10.6 Å². The largest absolute Gasteiger partial charge is 0.331 e. The number of urea groups is 1. The zero-order chi connectivity index (χ0) is 23.9. The maximum atomic E-state index is 12.5. The van der Waals surface area contributed by atoms with Gasteiger partial charge in [0.25, 0.3) is 0 Å². The highest BCUT2D eigenvalue weighted by molar-refractivity contribution is 7.98. The summed E-state index contributed by atoms with van der Waals surface area (Å²) in [5.74, 6) is 1.46. The zero-order valence-electron chi connectivity index (χ0n) is 19.4. The Bertz CT molecular complexity index is 1250. The van der Waals surface area contributed by atoms with E-state index in [2.05, 4.69) is 65.0 Å². The second-order valence-electron chi connectivity index (χ2n) is 7.82. The lowest BCUT2D eigenvalue weighted by molar-refractivity contribution is 0.251. The van der Waals surface area contributed by atoms with E-state index in [1.54, 1.807) is 23.5 Å². The van der Waals surface area contributed by atoms with Gasteiger partial charge in [-0.25, -0.2) is 4.79 Å². The number of aryl methyl sites for hydroxylation is 2. The molecule has 0 saturated heterocycles. The number of rotatable bonds is 8. The van der Waals surface area contributed by atoms with Crippen LogP contribution in [0.2, 0.25) is 0 Å². The Balaban J connectivity index is 1.50. The average molecular weight is 490 g/mol. The summed E-state index contributed by atoms with van der Waals surface area (Å²) in [5, 5.41) is 15.4. The summed E-state index contributed by atoms with van der Waals surface area (Å²) in [7, 11) is 0. The SMILES string of the molecule is CSc1ccc(NC(=O)NCc2nnc(SCc3ccccc3C)n2-c2ccc(C)cc2)cc1. The van der Waals surface area contributed by atoms with Crippen LogP contribution in [0.15, 0.2) is 82.8 Å². The summed E-state index contributed by atoms with van der Waals surface area (Å²) in [4.78, 5) is 13.6. The summed E-state index contributed by atoms with van der Waals surface area (Å²) in [6.07, 6.45) is 2.02. The molecule has 0 radical (unpaired) electrons. The van der Waals surface area contributed by atoms with Crippen molar-refractivity contribution in [3.05, 3.63) is 95.3 Å². The van der Waals surface area contributed by atoms with Gasteiger partial charge in [0.15, 0.2) is 11.0 Å². The third kappa shape index (κ3) is 6.01. The first-order valence-corrected chi connectivity index (χ1v) is 13.1. The summed E-state index contributed by atoms with van der Waals surface area (Å²) >= 11 is 3.29. The summed E-state index contributed by atoms with van der Waals surface area (Å²) in [5.41, 5.74) is 5.40. The first kappa shape index (κ1) is 23.9. The topological polar surface area (TPSA) is 71.8 Å². The van der Waals surface area contributed by atoms with Crippen molar-refractivity contribution in [2.24, 2.45) is 0 Å². The molecule has 8 heteroatoms. The molecule has 4 aromatic rings. The van der Waals surface area contributed by atoms with E-state index in [4.69, 9.17) is 0 Å². The van der Waals surface area contributed by atoms with Crippen LogP contribution in [-0.4, -0.2) is 27.1 Å². The number of thioether (sulfide) groups is 2. The van der Waals surface area contributed by atoms with Crippen molar-refractivity contribution in [1.82, 2.24) is 20.1 Å². The van der Waals surface area contributed by atoms with Gasteiger partial charge in [0, 0.05) is 22.0 Å². The van der Waals surface area contributed by atoms with E-state index < -0.39 is 0 Å². The molecule has 3 aromatic carbocycles. The van der Waals surface area contributed by atoms with Gasteiger partial charge in [-0.2, -0.15) is 0 Å². The molecule has 174 valence electrons. The normalized spacial score (nSPS) is 10.8. The number of hydrogen-bond donors (Lipinski definition) is 2. The van der Waals surface area contributed by atoms with Crippen LogP contribution < -0.4 is 10.6 Å². The lowest BCUT2D eigenvalue weighted by Crippen LogP contribution is -2.29. The van der Waals surface area contributed by atoms with Gasteiger partial charge in [-0.1, -0.05) is 53.7 Å². The summed E-state index contributed by atoms with van der Waals surface area (Å²) < 4.78 is 2.01. The number of hydrogen-bond acceptors (Lipinski definition) is 5. The molecule has 6 nitrogen and oxygen atoms in total. The fourth-order valence-corrected chi connectivity index (χ4v) is 4.84. The smallest absolute Gasteiger partial charge is 0.319 e. The van der Waals surface area contributed by atoms with Crippen LogP contribution in [-0.2, 0) is 12.3 Å². The highest BCUT2D eigenvalue weighted by atomic mass is 32.2. The maximum Gasteiger partial charge on any atom is 0.319 e. The van der Waals surface area contributed by atoms with E-state index in [-0.39, 0.29) is 12.6 Å². The molecular formula is C26H27N5OS2. The van der Waals surface area contributed by atoms with Gasteiger partial charge in [0.05, 0.1) is 6.54 Å². The highest BCUT2D eigenvalue weighted by Gasteiger charge is 2.16. The molecule has 0 spiro atoms. The van der Waals surface area contributed by atoms with Crippen LogP contribution in [0.3, 0.4) is 0 Å². The lowest BCUT2D eigenvalue weighted by atomic mass is 10.1. The van der Waals surface area contributed by atoms with Crippen molar-refractivity contribution in [2.45, 2.75) is 36.2 Å². The first-order valence-electron chi connectivity index (χ1n) is 10.9. The van der Waals surface area contributed by atoms with Crippen molar-refractivity contribution in [3.8, 4) is 5.69 Å². The van der Waals surface area contributed by atoms with E-state index in [9.17, 15) is 4.79 Å². The Labute approximate surface area is 208 Å². The fourth-order valence-electron chi connectivity index (χ4n) is 3.38. The fraction of sp³-hybridized carbons (Fsp3) is 0.192. The zero-order valence-corrected chi connectivity index (χ0v) is 21.0. The highest BCUT2D eigenvalue weighted by Crippen LogP contribution is 2.26. The van der Waals surface area contributed by atoms with Gasteiger partial charge in [-0.15, -0.1) is 22.0 Å². The lowest BCUT2D eigenvalue weighted by Gasteiger charge is -2.12. The molecule has 2 N–H and O–H groups in total. The Morgan fingerprint density at radius 2 is 1.68 bits per heavy atom. The van der Waals surface area contributed by atoms with Gasteiger partial charge in [-0.3, -0.25) is 4.57 Å². The molecular weight excluding hydrogens is 462 g/mol. The predicted octanol–water partition coefficient (Wildman–Crippen LogP) is 6.22. The minimum absolute atomic E-state index is 0.251.